The lowest BCUT2D eigenvalue weighted by Crippen LogP contribution is -2.37. The number of thiophene rings is 1. The average molecular weight is 469 g/mol. The Bertz CT molecular complexity index is 1710. The van der Waals surface area contributed by atoms with Gasteiger partial charge in [0, 0.05) is 19.0 Å². The van der Waals surface area contributed by atoms with Crippen molar-refractivity contribution in [3.63, 3.8) is 0 Å². The van der Waals surface area contributed by atoms with Gasteiger partial charge in [-0.1, -0.05) is 36.4 Å². The summed E-state index contributed by atoms with van der Waals surface area (Å²) in [5, 5.41) is 6.34. The lowest BCUT2D eigenvalue weighted by Gasteiger charge is -2.31. The molecule has 1 N–H and O–H groups in total. The summed E-state index contributed by atoms with van der Waals surface area (Å²) in [6.07, 6.45) is 0. The Morgan fingerprint density at radius 2 is 1.65 bits per heavy atom. The molecular weight excluding hydrogens is 444 g/mol. The molecule has 0 unspecified atom stereocenters. The fourth-order valence-corrected chi connectivity index (χ4v) is 5.85. The molecule has 0 radical (unpaired) electrons. The van der Waals surface area contributed by atoms with Crippen LogP contribution in [0.5, 0.6) is 0 Å². The smallest absolute Gasteiger partial charge is 0.331 e. The summed E-state index contributed by atoms with van der Waals surface area (Å²) in [7, 11) is 3.30. The number of hydrogen-bond acceptors (Lipinski definition) is 4. The topological polar surface area (TPSA) is 61.0 Å². The quantitative estimate of drug-likeness (QED) is 0.401. The molecule has 0 fully saturated rings. The van der Waals surface area contributed by atoms with E-state index in [0.717, 1.165) is 33.2 Å². The second-order valence-electron chi connectivity index (χ2n) is 8.91. The minimum Gasteiger partial charge on any atom is -0.370 e. The van der Waals surface area contributed by atoms with Crippen molar-refractivity contribution < 1.29 is 0 Å². The third-order valence-electron chi connectivity index (χ3n) is 6.91. The molecule has 0 saturated carbocycles. The van der Waals surface area contributed by atoms with Crippen molar-refractivity contribution in [1.82, 2.24) is 13.7 Å². The van der Waals surface area contributed by atoms with Crippen molar-refractivity contribution in [3.05, 3.63) is 103 Å². The monoisotopic (exact) mass is 468 g/mol. The van der Waals surface area contributed by atoms with Crippen molar-refractivity contribution >= 4 is 27.9 Å². The molecule has 6 nitrogen and oxygen atoms in total. The molecule has 6 rings (SSSR count). The number of hydrogen-bond donors (Lipinski definition) is 1. The number of aromatic nitrogens is 3. The van der Waals surface area contributed by atoms with Crippen LogP contribution in [0, 0.1) is 13.8 Å². The summed E-state index contributed by atoms with van der Waals surface area (Å²) in [6.45, 7) is 4.21. The van der Waals surface area contributed by atoms with Gasteiger partial charge < -0.3 is 9.88 Å². The normalized spacial score (nSPS) is 14.6. The molecule has 3 aromatic heterocycles. The number of aryl methyl sites for hydroxylation is 3. The number of nitrogens with zero attached hydrogens (tertiary/aromatic N) is 3. The van der Waals surface area contributed by atoms with E-state index in [1.165, 1.54) is 15.7 Å². The molecule has 0 spiro atoms. The van der Waals surface area contributed by atoms with Crippen molar-refractivity contribution in [2.75, 3.05) is 5.32 Å². The lowest BCUT2D eigenvalue weighted by atomic mass is 10.0. The first-order chi connectivity index (χ1) is 16.4. The van der Waals surface area contributed by atoms with E-state index in [9.17, 15) is 9.59 Å². The Balaban J connectivity index is 1.90. The van der Waals surface area contributed by atoms with E-state index in [-0.39, 0.29) is 17.3 Å². The second kappa shape index (κ2) is 7.33. The summed E-state index contributed by atoms with van der Waals surface area (Å²) < 4.78 is 5.02. The molecule has 34 heavy (non-hydrogen) atoms. The molecule has 0 saturated heterocycles. The first-order valence-corrected chi connectivity index (χ1v) is 12.1. The summed E-state index contributed by atoms with van der Waals surface area (Å²) in [5.41, 5.74) is 7.06. The molecule has 0 bridgehead atoms. The molecule has 1 aliphatic heterocycles. The van der Waals surface area contributed by atoms with Gasteiger partial charge in [-0.25, -0.2) is 4.79 Å². The van der Waals surface area contributed by atoms with Crippen molar-refractivity contribution in [1.29, 1.82) is 0 Å². The van der Waals surface area contributed by atoms with Crippen LogP contribution in [0.3, 0.4) is 0 Å². The highest BCUT2D eigenvalue weighted by Crippen LogP contribution is 2.46. The van der Waals surface area contributed by atoms with E-state index in [0.29, 0.717) is 10.9 Å². The number of benzene rings is 2. The van der Waals surface area contributed by atoms with Gasteiger partial charge in [-0.05, 0) is 54.1 Å². The summed E-state index contributed by atoms with van der Waals surface area (Å²) >= 11 is 1.66. The van der Waals surface area contributed by atoms with Crippen LogP contribution in [0.2, 0.25) is 0 Å². The number of fused-ring (bicyclic) bond motifs is 5. The first-order valence-electron chi connectivity index (χ1n) is 11.2. The average Bonchev–Trinajstić information content (AvgIpc) is 3.49. The van der Waals surface area contributed by atoms with Gasteiger partial charge in [0.25, 0.3) is 5.56 Å². The van der Waals surface area contributed by atoms with E-state index in [1.54, 1.807) is 30.0 Å². The van der Waals surface area contributed by atoms with E-state index in [4.69, 9.17) is 0 Å². The molecule has 0 amide bonds. The molecule has 1 aliphatic rings. The summed E-state index contributed by atoms with van der Waals surface area (Å²) in [5.74, 6) is 0. The SMILES string of the molecule is Cc1cc2c(cc1C)-n1c(-c3ccccc3)c3c(=O)n(C)c(=O)n(C)c3c1[C@H](c1cccs1)N2. The Morgan fingerprint density at radius 1 is 0.912 bits per heavy atom. The minimum atomic E-state index is -0.332. The Morgan fingerprint density at radius 3 is 2.35 bits per heavy atom. The maximum Gasteiger partial charge on any atom is 0.331 e. The summed E-state index contributed by atoms with van der Waals surface area (Å²) in [6, 6.07) is 18.2. The largest absolute Gasteiger partial charge is 0.370 e. The van der Waals surface area contributed by atoms with Gasteiger partial charge in [-0.3, -0.25) is 13.9 Å². The molecule has 4 heterocycles. The second-order valence-corrected chi connectivity index (χ2v) is 9.89. The van der Waals surface area contributed by atoms with Gasteiger partial charge in [0.2, 0.25) is 0 Å². The van der Waals surface area contributed by atoms with Gasteiger partial charge >= 0.3 is 5.69 Å². The zero-order valence-corrected chi connectivity index (χ0v) is 20.2. The fraction of sp³-hybridized carbons (Fsp3) is 0.185. The van der Waals surface area contributed by atoms with E-state index >= 15 is 0 Å². The van der Waals surface area contributed by atoms with Crippen molar-refractivity contribution in [3.8, 4) is 16.9 Å². The highest BCUT2D eigenvalue weighted by molar-refractivity contribution is 7.10. The summed E-state index contributed by atoms with van der Waals surface area (Å²) in [4.78, 5) is 27.9. The molecular formula is C27H24N4O2S. The van der Waals surface area contributed by atoms with Crippen LogP contribution in [-0.2, 0) is 14.1 Å². The maximum atomic E-state index is 13.7. The van der Waals surface area contributed by atoms with Gasteiger partial charge in [0.1, 0.15) is 6.04 Å². The van der Waals surface area contributed by atoms with E-state index in [1.807, 2.05) is 36.4 Å². The molecule has 5 aromatic rings. The Kier molecular flexibility index (Phi) is 4.47. The lowest BCUT2D eigenvalue weighted by molar-refractivity contribution is 0.709. The minimum absolute atomic E-state index is 0.202. The van der Waals surface area contributed by atoms with Crippen LogP contribution in [-0.4, -0.2) is 13.7 Å². The number of rotatable bonds is 2. The highest BCUT2D eigenvalue weighted by Gasteiger charge is 2.35. The van der Waals surface area contributed by atoms with Gasteiger partial charge in [-0.15, -0.1) is 11.3 Å². The Labute approximate surface area is 200 Å². The van der Waals surface area contributed by atoms with Gasteiger partial charge in [0.05, 0.1) is 33.7 Å². The molecule has 1 atom stereocenters. The van der Waals surface area contributed by atoms with Gasteiger partial charge in [-0.2, -0.15) is 0 Å². The van der Waals surface area contributed by atoms with Crippen LogP contribution in [0.4, 0.5) is 5.69 Å². The van der Waals surface area contributed by atoms with Crippen LogP contribution >= 0.6 is 11.3 Å². The maximum absolute atomic E-state index is 13.7. The van der Waals surface area contributed by atoms with Crippen LogP contribution in [0.15, 0.2) is 69.6 Å². The van der Waals surface area contributed by atoms with Crippen LogP contribution < -0.4 is 16.6 Å². The number of anilines is 1. The van der Waals surface area contributed by atoms with E-state index in [2.05, 4.69) is 47.3 Å². The Hall–Kier alpha value is -3.84. The van der Waals surface area contributed by atoms with E-state index < -0.39 is 0 Å². The predicted molar refractivity (Wildman–Crippen MR) is 138 cm³/mol. The van der Waals surface area contributed by atoms with Crippen molar-refractivity contribution in [2.24, 2.45) is 14.1 Å². The van der Waals surface area contributed by atoms with Crippen molar-refractivity contribution in [2.45, 2.75) is 19.9 Å². The predicted octanol–water partition coefficient (Wildman–Crippen LogP) is 4.89. The van der Waals surface area contributed by atoms with Gasteiger partial charge in [0.15, 0.2) is 0 Å². The highest BCUT2D eigenvalue weighted by atomic mass is 32.1. The molecule has 2 aromatic carbocycles. The number of nitrogens with one attached hydrogen (secondary N) is 1. The van der Waals surface area contributed by atoms with Crippen LogP contribution in [0.25, 0.3) is 27.8 Å². The van der Waals surface area contributed by atoms with Crippen LogP contribution in [0.1, 0.15) is 27.7 Å². The zero-order chi connectivity index (χ0) is 23.7. The standard InChI is InChI=1S/C27H24N4O2S/c1-15-13-18-19(14-16(15)2)31-23(17-9-6-5-7-10-17)21-24(29(3)27(33)30(4)26(21)32)25(31)22(28-18)20-11-8-12-34-20/h5-14,22,28H,1-4H3/t22-/m0/s1. The molecule has 0 aliphatic carbocycles. The zero-order valence-electron chi connectivity index (χ0n) is 19.4. The molecule has 170 valence electrons. The first kappa shape index (κ1) is 20.7. The third kappa shape index (κ3) is 2.73. The molecule has 7 heteroatoms. The fourth-order valence-electron chi connectivity index (χ4n) is 5.07. The third-order valence-corrected chi connectivity index (χ3v) is 7.85.